The van der Waals surface area contributed by atoms with Crippen LogP contribution >= 0.6 is 0 Å². The number of hydrogen-bond acceptors (Lipinski definition) is 3. The van der Waals surface area contributed by atoms with Crippen LogP contribution in [0.25, 0.3) is 11.3 Å². The Balaban J connectivity index is 1.84. The molecule has 2 aromatic carbocycles. The fourth-order valence-corrected chi connectivity index (χ4v) is 3.37. The first-order valence-electron chi connectivity index (χ1n) is 7.14. The molecule has 0 aliphatic rings. The number of aromatic nitrogens is 2. The van der Waals surface area contributed by atoms with Crippen molar-refractivity contribution in [2.75, 3.05) is 4.72 Å². The number of H-pyrrole nitrogens is 1. The zero-order valence-electron chi connectivity index (χ0n) is 12.9. The number of hydrogen-bond donors (Lipinski definition) is 2. The van der Waals surface area contributed by atoms with Crippen molar-refractivity contribution in [1.29, 1.82) is 0 Å². The van der Waals surface area contributed by atoms with Gasteiger partial charge in [-0.3, -0.25) is 4.72 Å². The third-order valence-corrected chi connectivity index (χ3v) is 5.11. The van der Waals surface area contributed by atoms with Crippen molar-refractivity contribution < 1.29 is 8.42 Å². The Morgan fingerprint density at radius 2 is 1.74 bits per heavy atom. The van der Waals surface area contributed by atoms with Crippen molar-refractivity contribution in [1.82, 2.24) is 9.97 Å². The van der Waals surface area contributed by atoms with E-state index in [2.05, 4.69) is 14.7 Å². The first kappa shape index (κ1) is 15.3. The Bertz CT molecular complexity index is 915. The molecule has 0 fully saturated rings. The maximum Gasteiger partial charge on any atom is 0.261 e. The summed E-state index contributed by atoms with van der Waals surface area (Å²) >= 11 is 0. The second-order valence-electron chi connectivity index (χ2n) is 5.39. The lowest BCUT2D eigenvalue weighted by Gasteiger charge is -2.10. The lowest BCUT2D eigenvalue weighted by Crippen LogP contribution is -2.13. The number of aryl methyl sites for hydroxylation is 2. The summed E-state index contributed by atoms with van der Waals surface area (Å²) in [5.41, 5.74) is 4.35. The van der Waals surface area contributed by atoms with Gasteiger partial charge >= 0.3 is 0 Å². The van der Waals surface area contributed by atoms with E-state index >= 15 is 0 Å². The van der Waals surface area contributed by atoms with Crippen molar-refractivity contribution in [2.24, 2.45) is 0 Å². The molecule has 1 heterocycles. The first-order chi connectivity index (χ1) is 11.0. The van der Waals surface area contributed by atoms with Gasteiger partial charge < -0.3 is 4.98 Å². The summed E-state index contributed by atoms with van der Waals surface area (Å²) in [7, 11) is -3.59. The molecule has 0 saturated heterocycles. The van der Waals surface area contributed by atoms with Crippen molar-refractivity contribution in [3.8, 4) is 11.3 Å². The van der Waals surface area contributed by atoms with Crippen LogP contribution in [0.4, 0.5) is 5.69 Å². The van der Waals surface area contributed by atoms with E-state index in [1.807, 2.05) is 32.0 Å². The third-order valence-electron chi connectivity index (χ3n) is 3.74. The number of imidazole rings is 1. The lowest BCUT2D eigenvalue weighted by atomic mass is 10.1. The molecular formula is C17H17N3O2S. The molecule has 0 aliphatic carbocycles. The highest BCUT2D eigenvalue weighted by molar-refractivity contribution is 7.92. The third kappa shape index (κ3) is 3.27. The number of rotatable bonds is 4. The lowest BCUT2D eigenvalue weighted by molar-refractivity contribution is 0.601. The van der Waals surface area contributed by atoms with Crippen molar-refractivity contribution in [3.05, 3.63) is 66.1 Å². The average Bonchev–Trinajstić information content (AvgIpc) is 3.04. The summed E-state index contributed by atoms with van der Waals surface area (Å²) in [5, 5.41) is 0. The molecule has 3 aromatic rings. The van der Waals surface area contributed by atoms with Gasteiger partial charge in [-0.2, -0.15) is 0 Å². The van der Waals surface area contributed by atoms with Crippen LogP contribution in [0.15, 0.2) is 59.9 Å². The molecule has 0 unspecified atom stereocenters. The Morgan fingerprint density at radius 1 is 1.00 bits per heavy atom. The number of sulfonamides is 1. The van der Waals surface area contributed by atoms with E-state index in [4.69, 9.17) is 0 Å². The van der Waals surface area contributed by atoms with E-state index in [-0.39, 0.29) is 4.90 Å². The van der Waals surface area contributed by atoms with Crippen LogP contribution in [0, 0.1) is 13.8 Å². The standard InChI is InChI=1S/C17H17N3O2S/c1-12-3-8-16(9-13(12)2)23(21,22)20-15-6-4-14(5-7-15)17-10-18-11-19-17/h3-11,20H,1-2H3,(H,18,19). The Kier molecular flexibility index (Phi) is 3.92. The van der Waals surface area contributed by atoms with E-state index < -0.39 is 10.0 Å². The van der Waals surface area contributed by atoms with Crippen molar-refractivity contribution in [2.45, 2.75) is 18.7 Å². The predicted octanol–water partition coefficient (Wildman–Crippen LogP) is 3.49. The van der Waals surface area contributed by atoms with Crippen LogP contribution in [0.1, 0.15) is 11.1 Å². The molecule has 6 heteroatoms. The summed E-state index contributed by atoms with van der Waals surface area (Å²) in [4.78, 5) is 7.24. The fourth-order valence-electron chi connectivity index (χ4n) is 2.23. The number of nitrogens with zero attached hydrogens (tertiary/aromatic N) is 1. The summed E-state index contributed by atoms with van der Waals surface area (Å²) < 4.78 is 27.5. The zero-order chi connectivity index (χ0) is 16.4. The van der Waals surface area contributed by atoms with Gasteiger partial charge in [-0.1, -0.05) is 18.2 Å². The molecule has 0 spiro atoms. The van der Waals surface area contributed by atoms with Gasteiger partial charge in [0.15, 0.2) is 0 Å². The monoisotopic (exact) mass is 327 g/mol. The summed E-state index contributed by atoms with van der Waals surface area (Å²) in [6.45, 7) is 3.85. The van der Waals surface area contributed by atoms with Gasteiger partial charge in [0, 0.05) is 5.69 Å². The normalized spacial score (nSPS) is 11.4. The van der Waals surface area contributed by atoms with Crippen LogP contribution < -0.4 is 4.72 Å². The van der Waals surface area contributed by atoms with Crippen LogP contribution in [0.2, 0.25) is 0 Å². The van der Waals surface area contributed by atoms with Gasteiger partial charge in [-0.05, 0) is 54.8 Å². The van der Waals surface area contributed by atoms with Gasteiger partial charge in [-0.25, -0.2) is 13.4 Å². The number of aromatic amines is 1. The topological polar surface area (TPSA) is 74.8 Å². The van der Waals surface area contributed by atoms with E-state index in [0.717, 1.165) is 22.4 Å². The van der Waals surface area contributed by atoms with Crippen molar-refractivity contribution >= 4 is 15.7 Å². The predicted molar refractivity (Wildman–Crippen MR) is 90.7 cm³/mol. The molecule has 0 radical (unpaired) electrons. The average molecular weight is 327 g/mol. The largest absolute Gasteiger partial charge is 0.345 e. The number of anilines is 1. The second-order valence-corrected chi connectivity index (χ2v) is 7.08. The molecule has 0 saturated carbocycles. The smallest absolute Gasteiger partial charge is 0.261 e. The number of nitrogens with one attached hydrogen (secondary N) is 2. The second kappa shape index (κ2) is 5.89. The molecule has 5 nitrogen and oxygen atoms in total. The Morgan fingerprint density at radius 3 is 2.35 bits per heavy atom. The molecule has 1 aromatic heterocycles. The van der Waals surface area contributed by atoms with E-state index in [9.17, 15) is 8.42 Å². The van der Waals surface area contributed by atoms with Gasteiger partial charge in [0.05, 0.1) is 23.1 Å². The minimum absolute atomic E-state index is 0.262. The van der Waals surface area contributed by atoms with Gasteiger partial charge in [0.25, 0.3) is 10.0 Å². The van der Waals surface area contributed by atoms with E-state index in [1.165, 1.54) is 0 Å². The molecule has 0 atom stereocenters. The highest BCUT2D eigenvalue weighted by atomic mass is 32.2. The van der Waals surface area contributed by atoms with Crippen LogP contribution in [0.3, 0.4) is 0 Å². The fraction of sp³-hybridized carbons (Fsp3) is 0.118. The highest BCUT2D eigenvalue weighted by Gasteiger charge is 2.14. The molecule has 0 bridgehead atoms. The zero-order valence-corrected chi connectivity index (χ0v) is 13.7. The molecule has 0 amide bonds. The molecule has 0 aliphatic heterocycles. The molecular weight excluding hydrogens is 310 g/mol. The minimum Gasteiger partial charge on any atom is -0.345 e. The van der Waals surface area contributed by atoms with Crippen LogP contribution in [-0.2, 0) is 10.0 Å². The van der Waals surface area contributed by atoms with Crippen LogP contribution in [0.5, 0.6) is 0 Å². The van der Waals surface area contributed by atoms with Gasteiger partial charge in [0.1, 0.15) is 0 Å². The summed E-state index contributed by atoms with van der Waals surface area (Å²) in [6.07, 6.45) is 3.32. The van der Waals surface area contributed by atoms with Gasteiger partial charge in [-0.15, -0.1) is 0 Å². The Labute approximate surface area is 135 Å². The summed E-state index contributed by atoms with van der Waals surface area (Å²) in [6, 6.07) is 12.2. The maximum absolute atomic E-state index is 12.5. The maximum atomic E-state index is 12.5. The quantitative estimate of drug-likeness (QED) is 0.770. The molecule has 118 valence electrons. The summed E-state index contributed by atoms with van der Waals surface area (Å²) in [5.74, 6) is 0. The first-order valence-corrected chi connectivity index (χ1v) is 8.63. The molecule has 3 rings (SSSR count). The Hall–Kier alpha value is -2.60. The SMILES string of the molecule is Cc1ccc(S(=O)(=O)Nc2ccc(-c3cnc[nH]3)cc2)cc1C. The van der Waals surface area contributed by atoms with Crippen molar-refractivity contribution in [3.63, 3.8) is 0 Å². The van der Waals surface area contributed by atoms with Gasteiger partial charge in [0.2, 0.25) is 0 Å². The minimum atomic E-state index is -3.59. The van der Waals surface area contributed by atoms with E-state index in [1.54, 1.807) is 36.8 Å². The number of benzene rings is 2. The van der Waals surface area contributed by atoms with Crippen LogP contribution in [-0.4, -0.2) is 18.4 Å². The molecule has 23 heavy (non-hydrogen) atoms. The highest BCUT2D eigenvalue weighted by Crippen LogP contribution is 2.22. The van der Waals surface area contributed by atoms with E-state index in [0.29, 0.717) is 5.69 Å². The molecule has 2 N–H and O–H groups in total.